The summed E-state index contributed by atoms with van der Waals surface area (Å²) in [6.07, 6.45) is 0. The van der Waals surface area contributed by atoms with Gasteiger partial charge in [-0.15, -0.1) is 0 Å². The first kappa shape index (κ1) is 36.7. The topological polar surface area (TPSA) is 14.7 Å². The van der Waals surface area contributed by atoms with Gasteiger partial charge in [0.05, 0.1) is 11.0 Å². The molecule has 0 N–H and O–H groups in total. The fraction of sp³-hybridized carbons (Fsp3) is 0. The Morgan fingerprint density at radius 2 is 0.532 bits per heavy atom. The van der Waals surface area contributed by atoms with E-state index in [2.05, 4.69) is 274 Å². The smallest absolute Gasteiger partial charge is 0.0561 e. The Morgan fingerprint density at radius 1 is 0.226 bits per heavy atom. The molecule has 10 aromatic carbocycles. The number of hydrogen-bond acceptors (Lipinski definition) is 3. The number of aromatic nitrogens is 1. The van der Waals surface area contributed by atoms with Crippen LogP contribution in [-0.4, -0.2) is 4.57 Å². The number of hydrogen-bond donors (Lipinski definition) is 0. The van der Waals surface area contributed by atoms with Gasteiger partial charge in [0.15, 0.2) is 0 Å². The van der Waals surface area contributed by atoms with Crippen molar-refractivity contribution in [2.45, 2.75) is 0 Å². The lowest BCUT2D eigenvalue weighted by Crippen LogP contribution is -2.10. The van der Waals surface area contributed by atoms with Gasteiger partial charge in [-0.1, -0.05) is 133 Å². The maximum atomic E-state index is 2.44. The van der Waals surface area contributed by atoms with Gasteiger partial charge >= 0.3 is 0 Å². The van der Waals surface area contributed by atoms with Crippen molar-refractivity contribution < 1.29 is 0 Å². The van der Waals surface area contributed by atoms with Crippen LogP contribution in [0.3, 0.4) is 0 Å². The van der Waals surface area contributed by atoms with Crippen molar-refractivity contribution in [3.05, 3.63) is 255 Å². The van der Waals surface area contributed by atoms with Gasteiger partial charge in [-0.05, 0) is 132 Å². The van der Waals surface area contributed by atoms with Crippen LogP contribution in [0.5, 0.6) is 0 Å². The maximum Gasteiger partial charge on any atom is 0.0561 e. The van der Waals surface area contributed by atoms with Crippen LogP contribution in [0.15, 0.2) is 255 Å². The van der Waals surface area contributed by atoms with Crippen LogP contribution in [0.2, 0.25) is 0 Å². The summed E-state index contributed by atoms with van der Waals surface area (Å²) in [7, 11) is 0. The van der Waals surface area contributed by atoms with Gasteiger partial charge in [0, 0.05) is 67.6 Å². The van der Waals surface area contributed by atoms with Crippen LogP contribution in [0.1, 0.15) is 0 Å². The van der Waals surface area contributed by atoms with Gasteiger partial charge in [-0.25, -0.2) is 0 Å². The second-order valence-corrected chi connectivity index (χ2v) is 15.5. The zero-order valence-corrected chi connectivity index (χ0v) is 34.0. The minimum absolute atomic E-state index is 1.08. The lowest BCUT2D eigenvalue weighted by Gasteiger charge is -2.26. The molecule has 0 atom stereocenters. The molecule has 0 radical (unpaired) electrons. The Bertz CT molecular complexity index is 3060. The molecule has 0 fully saturated rings. The Morgan fingerprint density at radius 3 is 0.935 bits per heavy atom. The molecule has 11 aromatic rings. The lowest BCUT2D eigenvalue weighted by atomic mass is 10.1. The standard InChI is InChI=1S/C58H42N4/c1-6-20-45(21-7-1)59(46-22-8-2-9-23-46)53-36-38-55-56-39-37-54(60(47-24-10-3-11-25-47)48-26-12-4-13-27-48)42-58(56)62(57(55)41-53)51-34-32-50(33-35-51)61(49-28-14-5-15-29-49)52-31-30-43-18-16-17-19-44(43)40-52/h1-42H. The quantitative estimate of drug-likeness (QED) is 0.137. The Hall–Kier alpha value is -8.34. The molecule has 4 nitrogen and oxygen atoms in total. The van der Waals surface area contributed by atoms with E-state index >= 15 is 0 Å². The van der Waals surface area contributed by atoms with Crippen molar-refractivity contribution >= 4 is 83.8 Å². The van der Waals surface area contributed by atoms with E-state index in [0.29, 0.717) is 0 Å². The van der Waals surface area contributed by atoms with E-state index in [1.165, 1.54) is 21.5 Å². The van der Waals surface area contributed by atoms with Gasteiger partial charge in [0.2, 0.25) is 0 Å². The molecule has 0 saturated heterocycles. The summed E-state index contributed by atoms with van der Waals surface area (Å²) in [6.45, 7) is 0. The van der Waals surface area contributed by atoms with E-state index < -0.39 is 0 Å². The van der Waals surface area contributed by atoms with Crippen molar-refractivity contribution in [1.82, 2.24) is 4.57 Å². The zero-order chi connectivity index (χ0) is 41.2. The molecule has 62 heavy (non-hydrogen) atoms. The molecule has 11 rings (SSSR count). The van der Waals surface area contributed by atoms with E-state index in [9.17, 15) is 0 Å². The van der Waals surface area contributed by atoms with Gasteiger partial charge in [-0.2, -0.15) is 0 Å². The largest absolute Gasteiger partial charge is 0.310 e. The molecular weight excluding hydrogens is 753 g/mol. The van der Waals surface area contributed by atoms with Gasteiger partial charge in [0.25, 0.3) is 0 Å². The SMILES string of the molecule is c1ccc(N(c2ccc(-n3c4cc(N(c5ccccc5)c5ccccc5)ccc4c4ccc(N(c5ccccc5)c5ccccc5)cc43)cc2)c2ccc3ccccc3c2)cc1. The van der Waals surface area contributed by atoms with Crippen molar-refractivity contribution in [3.63, 3.8) is 0 Å². The molecule has 0 saturated carbocycles. The van der Waals surface area contributed by atoms with Gasteiger partial charge < -0.3 is 19.3 Å². The lowest BCUT2D eigenvalue weighted by molar-refractivity contribution is 1.17. The predicted octanol–water partition coefficient (Wildman–Crippen LogP) is 16.3. The highest BCUT2D eigenvalue weighted by Crippen LogP contribution is 2.43. The monoisotopic (exact) mass is 794 g/mol. The molecule has 0 spiro atoms. The minimum Gasteiger partial charge on any atom is -0.310 e. The molecule has 1 heterocycles. The highest BCUT2D eigenvalue weighted by molar-refractivity contribution is 6.11. The number of rotatable bonds is 10. The van der Waals surface area contributed by atoms with Gasteiger partial charge in [-0.3, -0.25) is 0 Å². The summed E-state index contributed by atoms with van der Waals surface area (Å²) in [5.74, 6) is 0. The molecule has 4 heteroatoms. The van der Waals surface area contributed by atoms with E-state index in [1.54, 1.807) is 0 Å². The van der Waals surface area contributed by atoms with Crippen molar-refractivity contribution in [1.29, 1.82) is 0 Å². The molecular formula is C58H42N4. The van der Waals surface area contributed by atoms with Crippen LogP contribution in [0.25, 0.3) is 38.3 Å². The highest BCUT2D eigenvalue weighted by atomic mass is 15.2. The molecule has 0 aliphatic carbocycles. The zero-order valence-electron chi connectivity index (χ0n) is 34.0. The Balaban J connectivity index is 1.12. The first-order valence-electron chi connectivity index (χ1n) is 21.1. The maximum absolute atomic E-state index is 2.44. The Kier molecular flexibility index (Phi) is 9.49. The van der Waals surface area contributed by atoms with Crippen LogP contribution in [0.4, 0.5) is 51.2 Å². The van der Waals surface area contributed by atoms with Crippen LogP contribution in [0, 0.1) is 0 Å². The summed E-state index contributed by atoms with van der Waals surface area (Å²) in [5, 5.41) is 4.81. The second kappa shape index (κ2) is 16.0. The van der Waals surface area contributed by atoms with Crippen LogP contribution >= 0.6 is 0 Å². The van der Waals surface area contributed by atoms with Crippen molar-refractivity contribution in [3.8, 4) is 5.69 Å². The molecule has 0 unspecified atom stereocenters. The first-order valence-corrected chi connectivity index (χ1v) is 21.1. The van der Waals surface area contributed by atoms with Crippen LogP contribution in [-0.2, 0) is 0 Å². The number of fused-ring (bicyclic) bond motifs is 4. The first-order chi connectivity index (χ1) is 30.8. The molecule has 0 bridgehead atoms. The summed E-state index contributed by atoms with van der Waals surface area (Å²) >= 11 is 0. The summed E-state index contributed by atoms with van der Waals surface area (Å²) in [4.78, 5) is 7.02. The second-order valence-electron chi connectivity index (χ2n) is 15.5. The fourth-order valence-electron chi connectivity index (χ4n) is 8.85. The van der Waals surface area contributed by atoms with Crippen molar-refractivity contribution in [2.75, 3.05) is 14.7 Å². The van der Waals surface area contributed by atoms with E-state index in [-0.39, 0.29) is 0 Å². The van der Waals surface area contributed by atoms with E-state index in [1.807, 2.05) is 0 Å². The predicted molar refractivity (Wildman–Crippen MR) is 262 cm³/mol. The van der Waals surface area contributed by atoms with Gasteiger partial charge in [0.1, 0.15) is 0 Å². The summed E-state index contributed by atoms with van der Waals surface area (Å²) in [5.41, 5.74) is 13.2. The summed E-state index contributed by atoms with van der Waals surface area (Å²) in [6, 6.07) is 91.2. The van der Waals surface area contributed by atoms with Crippen LogP contribution < -0.4 is 14.7 Å². The van der Waals surface area contributed by atoms with E-state index in [0.717, 1.165) is 67.9 Å². The third-order valence-corrected chi connectivity index (χ3v) is 11.7. The minimum atomic E-state index is 1.08. The summed E-state index contributed by atoms with van der Waals surface area (Å²) < 4.78 is 2.44. The van der Waals surface area contributed by atoms with E-state index in [4.69, 9.17) is 0 Å². The average molecular weight is 795 g/mol. The number of para-hydroxylation sites is 5. The molecule has 0 aliphatic heterocycles. The average Bonchev–Trinajstić information content (AvgIpc) is 3.66. The molecule has 0 aliphatic rings. The molecule has 1 aromatic heterocycles. The molecule has 294 valence electrons. The fourth-order valence-corrected chi connectivity index (χ4v) is 8.85. The number of nitrogens with zero attached hydrogens (tertiary/aromatic N) is 4. The third kappa shape index (κ3) is 6.80. The normalized spacial score (nSPS) is 11.2. The number of anilines is 9. The molecule has 0 amide bonds. The Labute approximate surface area is 362 Å². The highest BCUT2D eigenvalue weighted by Gasteiger charge is 2.21. The third-order valence-electron chi connectivity index (χ3n) is 11.7. The number of benzene rings is 10. The van der Waals surface area contributed by atoms with Crippen molar-refractivity contribution in [2.24, 2.45) is 0 Å².